The van der Waals surface area contributed by atoms with Crippen LogP contribution in [0.15, 0.2) is 28.7 Å². The molecule has 2 heteroatoms. The molecule has 1 aliphatic carbocycles. The monoisotopic (exact) mass is 351 g/mol. The van der Waals surface area contributed by atoms with Gasteiger partial charge in [0.05, 0.1) is 0 Å². The smallest absolute Gasteiger partial charge is 0.0207 e. The highest BCUT2D eigenvalue weighted by atomic mass is 79.9. The zero-order valence-electron chi connectivity index (χ0n) is 14.0. The van der Waals surface area contributed by atoms with Crippen LogP contribution in [0.5, 0.6) is 0 Å². The summed E-state index contributed by atoms with van der Waals surface area (Å²) in [7, 11) is 0. The first-order valence-electron chi connectivity index (χ1n) is 8.34. The summed E-state index contributed by atoms with van der Waals surface area (Å²) in [6.07, 6.45) is 5.28. The van der Waals surface area contributed by atoms with Crippen LogP contribution in [0.4, 0.5) is 0 Å². The highest BCUT2D eigenvalue weighted by Crippen LogP contribution is 2.43. The van der Waals surface area contributed by atoms with E-state index in [0.29, 0.717) is 11.5 Å². The second kappa shape index (κ2) is 7.28. The number of rotatable bonds is 5. The molecule has 1 aliphatic rings. The van der Waals surface area contributed by atoms with E-state index in [1.807, 2.05) is 0 Å². The van der Waals surface area contributed by atoms with Gasteiger partial charge in [-0.2, -0.15) is 0 Å². The van der Waals surface area contributed by atoms with E-state index in [1.54, 1.807) is 0 Å². The maximum absolute atomic E-state index is 3.72. The summed E-state index contributed by atoms with van der Waals surface area (Å²) in [4.78, 5) is 0. The molecule has 0 amide bonds. The van der Waals surface area contributed by atoms with Crippen molar-refractivity contribution in [2.24, 2.45) is 17.3 Å². The van der Waals surface area contributed by atoms with Crippen LogP contribution >= 0.6 is 15.9 Å². The topological polar surface area (TPSA) is 12.0 Å². The van der Waals surface area contributed by atoms with Gasteiger partial charge in [0.1, 0.15) is 0 Å². The van der Waals surface area contributed by atoms with E-state index in [0.717, 1.165) is 11.8 Å². The van der Waals surface area contributed by atoms with Gasteiger partial charge in [0.15, 0.2) is 0 Å². The van der Waals surface area contributed by atoms with Crippen LogP contribution in [0.3, 0.4) is 0 Å². The fourth-order valence-electron chi connectivity index (χ4n) is 3.63. The Balaban J connectivity index is 2.08. The first-order valence-corrected chi connectivity index (χ1v) is 9.13. The molecule has 0 aliphatic heterocycles. The minimum absolute atomic E-state index is 0.500. The second-order valence-corrected chi connectivity index (χ2v) is 8.64. The van der Waals surface area contributed by atoms with Crippen molar-refractivity contribution in [1.29, 1.82) is 0 Å². The third-order valence-corrected chi connectivity index (χ3v) is 5.68. The summed E-state index contributed by atoms with van der Waals surface area (Å²) in [6, 6.07) is 9.30. The predicted molar refractivity (Wildman–Crippen MR) is 95.6 cm³/mol. The van der Waals surface area contributed by atoms with Crippen LogP contribution in [0.2, 0.25) is 0 Å². The van der Waals surface area contributed by atoms with Crippen molar-refractivity contribution in [2.45, 2.75) is 59.4 Å². The Morgan fingerprint density at radius 2 is 1.95 bits per heavy atom. The molecule has 0 spiro atoms. The van der Waals surface area contributed by atoms with Gasteiger partial charge in [-0.25, -0.2) is 0 Å². The van der Waals surface area contributed by atoms with Gasteiger partial charge in [-0.05, 0) is 61.1 Å². The maximum atomic E-state index is 3.72. The summed E-state index contributed by atoms with van der Waals surface area (Å²) in [6.45, 7) is 10.5. The fourth-order valence-corrected chi connectivity index (χ4v) is 4.08. The summed E-state index contributed by atoms with van der Waals surface area (Å²) in [5.41, 5.74) is 1.97. The lowest BCUT2D eigenvalue weighted by Gasteiger charge is -2.41. The third-order valence-electron chi connectivity index (χ3n) is 4.90. The number of halogens is 1. The average molecular weight is 352 g/mol. The van der Waals surface area contributed by atoms with Gasteiger partial charge in [-0.3, -0.25) is 0 Å². The lowest BCUT2D eigenvalue weighted by Crippen LogP contribution is -2.38. The lowest BCUT2D eigenvalue weighted by molar-refractivity contribution is 0.114. The van der Waals surface area contributed by atoms with Crippen molar-refractivity contribution in [2.75, 3.05) is 6.54 Å². The van der Waals surface area contributed by atoms with Crippen molar-refractivity contribution in [1.82, 2.24) is 5.32 Å². The summed E-state index contributed by atoms with van der Waals surface area (Å²) in [5, 5.41) is 3.66. The van der Waals surface area contributed by atoms with Crippen molar-refractivity contribution in [3.8, 4) is 0 Å². The molecule has 21 heavy (non-hydrogen) atoms. The van der Waals surface area contributed by atoms with Crippen LogP contribution in [-0.4, -0.2) is 12.6 Å². The largest absolute Gasteiger partial charge is 0.314 e. The van der Waals surface area contributed by atoms with Crippen molar-refractivity contribution >= 4 is 15.9 Å². The molecule has 0 heterocycles. The minimum Gasteiger partial charge on any atom is -0.314 e. The Morgan fingerprint density at radius 3 is 2.62 bits per heavy atom. The standard InChI is InChI=1S/C19H30BrN/c1-14(2)21-13-16-9-10-19(3,4)12-17(16)11-15-7-5-6-8-18(15)20/h5-8,14,16-17,21H,9-13H2,1-4H3. The van der Waals surface area contributed by atoms with E-state index < -0.39 is 0 Å². The van der Waals surface area contributed by atoms with E-state index in [2.05, 4.69) is 73.2 Å². The average Bonchev–Trinajstić information content (AvgIpc) is 2.39. The number of hydrogen-bond donors (Lipinski definition) is 1. The van der Waals surface area contributed by atoms with E-state index in [4.69, 9.17) is 0 Å². The van der Waals surface area contributed by atoms with Gasteiger partial charge in [0, 0.05) is 10.5 Å². The summed E-state index contributed by atoms with van der Waals surface area (Å²) >= 11 is 3.72. The van der Waals surface area contributed by atoms with E-state index in [-0.39, 0.29) is 0 Å². The molecule has 0 saturated heterocycles. The number of hydrogen-bond acceptors (Lipinski definition) is 1. The van der Waals surface area contributed by atoms with Gasteiger partial charge in [0.25, 0.3) is 0 Å². The zero-order chi connectivity index (χ0) is 15.5. The molecule has 1 N–H and O–H groups in total. The number of nitrogens with one attached hydrogen (secondary N) is 1. The van der Waals surface area contributed by atoms with Crippen LogP contribution in [0.25, 0.3) is 0 Å². The van der Waals surface area contributed by atoms with Crippen LogP contribution < -0.4 is 5.32 Å². The molecule has 1 nitrogen and oxygen atoms in total. The Morgan fingerprint density at radius 1 is 1.24 bits per heavy atom. The minimum atomic E-state index is 0.500. The molecule has 0 aromatic heterocycles. The molecular formula is C19H30BrN. The fraction of sp³-hybridized carbons (Fsp3) is 0.684. The normalized spacial score (nSPS) is 25.2. The summed E-state index contributed by atoms with van der Waals surface area (Å²) < 4.78 is 1.27. The molecular weight excluding hydrogens is 322 g/mol. The van der Waals surface area contributed by atoms with Crippen LogP contribution in [-0.2, 0) is 6.42 Å². The second-order valence-electron chi connectivity index (χ2n) is 7.79. The zero-order valence-corrected chi connectivity index (χ0v) is 15.5. The molecule has 1 fully saturated rings. The molecule has 118 valence electrons. The maximum Gasteiger partial charge on any atom is 0.0207 e. The van der Waals surface area contributed by atoms with Gasteiger partial charge >= 0.3 is 0 Å². The highest BCUT2D eigenvalue weighted by molar-refractivity contribution is 9.10. The number of benzene rings is 1. The predicted octanol–water partition coefficient (Wildman–Crippen LogP) is 5.43. The molecule has 1 aromatic carbocycles. The Bertz CT molecular complexity index is 451. The molecule has 2 unspecified atom stereocenters. The Hall–Kier alpha value is -0.340. The van der Waals surface area contributed by atoms with Crippen molar-refractivity contribution in [3.05, 3.63) is 34.3 Å². The Kier molecular flexibility index (Phi) is 5.90. The first-order chi connectivity index (χ1) is 9.87. The van der Waals surface area contributed by atoms with Crippen molar-refractivity contribution < 1.29 is 0 Å². The van der Waals surface area contributed by atoms with Crippen LogP contribution in [0, 0.1) is 17.3 Å². The molecule has 2 atom stereocenters. The lowest BCUT2D eigenvalue weighted by atomic mass is 9.65. The molecule has 0 bridgehead atoms. The first kappa shape index (κ1) is 17.0. The molecule has 1 aromatic rings. The van der Waals surface area contributed by atoms with Gasteiger partial charge < -0.3 is 5.32 Å². The molecule has 1 saturated carbocycles. The Labute approximate surface area is 139 Å². The molecule has 0 radical (unpaired) electrons. The van der Waals surface area contributed by atoms with E-state index in [1.165, 1.54) is 42.3 Å². The SMILES string of the molecule is CC(C)NCC1CCC(C)(C)CC1Cc1ccccc1Br. The molecule has 2 rings (SSSR count). The van der Waals surface area contributed by atoms with Crippen molar-refractivity contribution in [3.63, 3.8) is 0 Å². The van der Waals surface area contributed by atoms with E-state index >= 15 is 0 Å². The third kappa shape index (κ3) is 5.10. The van der Waals surface area contributed by atoms with Crippen LogP contribution in [0.1, 0.15) is 52.5 Å². The highest BCUT2D eigenvalue weighted by Gasteiger charge is 2.34. The van der Waals surface area contributed by atoms with E-state index in [9.17, 15) is 0 Å². The summed E-state index contributed by atoms with van der Waals surface area (Å²) in [5.74, 6) is 1.60. The van der Waals surface area contributed by atoms with Gasteiger partial charge in [-0.15, -0.1) is 0 Å². The quantitative estimate of drug-likeness (QED) is 0.745. The van der Waals surface area contributed by atoms with Gasteiger partial charge in [-0.1, -0.05) is 61.8 Å². The van der Waals surface area contributed by atoms with Gasteiger partial charge in [0.2, 0.25) is 0 Å².